The standard InChI is InChI=1S/C18H18N4OS2/c1-12(14-7-4-3-5-8-14)24-18-22-21-17(25-18)20-16-10-6-9-15(11-16)19-13(2)23/h3-12H,1-2H3,(H,19,23)(H,20,21). The number of amides is 1. The maximum absolute atomic E-state index is 11.2. The van der Waals surface area contributed by atoms with Gasteiger partial charge >= 0.3 is 0 Å². The maximum atomic E-state index is 11.2. The van der Waals surface area contributed by atoms with E-state index in [9.17, 15) is 4.79 Å². The maximum Gasteiger partial charge on any atom is 0.221 e. The smallest absolute Gasteiger partial charge is 0.221 e. The number of nitrogens with one attached hydrogen (secondary N) is 2. The van der Waals surface area contributed by atoms with E-state index < -0.39 is 0 Å². The van der Waals surface area contributed by atoms with Gasteiger partial charge < -0.3 is 10.6 Å². The predicted octanol–water partition coefficient (Wildman–Crippen LogP) is 5.09. The van der Waals surface area contributed by atoms with E-state index in [0.717, 1.165) is 20.8 Å². The summed E-state index contributed by atoms with van der Waals surface area (Å²) in [6, 6.07) is 17.8. The van der Waals surface area contributed by atoms with Crippen molar-refractivity contribution in [1.29, 1.82) is 0 Å². The molecule has 0 saturated heterocycles. The topological polar surface area (TPSA) is 66.9 Å². The van der Waals surface area contributed by atoms with Crippen LogP contribution in [0, 0.1) is 0 Å². The Bertz CT molecular complexity index is 851. The third-order valence-corrected chi connectivity index (χ3v) is 5.47. The fraction of sp³-hybridized carbons (Fsp3) is 0.167. The van der Waals surface area contributed by atoms with Gasteiger partial charge in [-0.15, -0.1) is 10.2 Å². The number of hydrogen-bond donors (Lipinski definition) is 2. The van der Waals surface area contributed by atoms with E-state index in [1.54, 1.807) is 11.8 Å². The van der Waals surface area contributed by atoms with Gasteiger partial charge in [0, 0.05) is 23.5 Å². The molecule has 5 nitrogen and oxygen atoms in total. The lowest BCUT2D eigenvalue weighted by Gasteiger charge is -2.08. The molecule has 1 heterocycles. The molecule has 2 N–H and O–H groups in total. The van der Waals surface area contributed by atoms with Gasteiger partial charge in [-0.05, 0) is 30.7 Å². The van der Waals surface area contributed by atoms with Crippen molar-refractivity contribution in [2.24, 2.45) is 0 Å². The van der Waals surface area contributed by atoms with Crippen LogP contribution in [0.1, 0.15) is 24.7 Å². The molecule has 7 heteroatoms. The number of anilines is 3. The normalized spacial score (nSPS) is 11.8. The van der Waals surface area contributed by atoms with Crippen molar-refractivity contribution in [2.45, 2.75) is 23.4 Å². The first-order valence-corrected chi connectivity index (χ1v) is 9.49. The SMILES string of the molecule is CC(=O)Nc1cccc(Nc2nnc(SC(C)c3ccccc3)s2)c1. The summed E-state index contributed by atoms with van der Waals surface area (Å²) < 4.78 is 0.914. The van der Waals surface area contributed by atoms with E-state index >= 15 is 0 Å². The number of hydrogen-bond acceptors (Lipinski definition) is 6. The summed E-state index contributed by atoms with van der Waals surface area (Å²) in [5, 5.41) is 15.5. The van der Waals surface area contributed by atoms with Crippen molar-refractivity contribution in [3.63, 3.8) is 0 Å². The fourth-order valence-electron chi connectivity index (χ4n) is 2.25. The van der Waals surface area contributed by atoms with Gasteiger partial charge in [-0.3, -0.25) is 4.79 Å². The molecule has 0 radical (unpaired) electrons. The van der Waals surface area contributed by atoms with E-state index in [-0.39, 0.29) is 5.91 Å². The van der Waals surface area contributed by atoms with Gasteiger partial charge in [0.05, 0.1) is 0 Å². The van der Waals surface area contributed by atoms with Crippen LogP contribution in [0.2, 0.25) is 0 Å². The van der Waals surface area contributed by atoms with Crippen molar-refractivity contribution in [3.8, 4) is 0 Å². The average Bonchev–Trinajstić information content (AvgIpc) is 3.02. The summed E-state index contributed by atoms with van der Waals surface area (Å²) >= 11 is 3.20. The lowest BCUT2D eigenvalue weighted by molar-refractivity contribution is -0.114. The van der Waals surface area contributed by atoms with E-state index in [2.05, 4.69) is 39.9 Å². The quantitative estimate of drug-likeness (QED) is 0.591. The van der Waals surface area contributed by atoms with Crippen LogP contribution in [0.25, 0.3) is 0 Å². The molecule has 0 saturated carbocycles. The van der Waals surface area contributed by atoms with E-state index in [0.29, 0.717) is 5.25 Å². The van der Waals surface area contributed by atoms with Crippen LogP contribution in [-0.2, 0) is 4.79 Å². The van der Waals surface area contributed by atoms with Gasteiger partial charge in [0.15, 0.2) is 4.34 Å². The summed E-state index contributed by atoms with van der Waals surface area (Å²) in [6.07, 6.45) is 0. The molecule has 1 unspecified atom stereocenters. The van der Waals surface area contributed by atoms with Crippen LogP contribution in [-0.4, -0.2) is 16.1 Å². The fourth-order valence-corrected chi connectivity index (χ4v) is 4.30. The highest BCUT2D eigenvalue weighted by atomic mass is 32.2. The first-order valence-electron chi connectivity index (χ1n) is 7.80. The molecular weight excluding hydrogens is 352 g/mol. The highest BCUT2D eigenvalue weighted by Crippen LogP contribution is 2.37. The lowest BCUT2D eigenvalue weighted by atomic mass is 10.2. The molecule has 0 aliphatic rings. The minimum absolute atomic E-state index is 0.0957. The van der Waals surface area contributed by atoms with Crippen LogP contribution < -0.4 is 10.6 Å². The van der Waals surface area contributed by atoms with Crippen LogP contribution in [0.5, 0.6) is 0 Å². The zero-order valence-corrected chi connectivity index (χ0v) is 15.5. The Morgan fingerprint density at radius 3 is 2.60 bits per heavy atom. The van der Waals surface area contributed by atoms with Crippen molar-refractivity contribution < 1.29 is 4.79 Å². The number of carbonyl (C=O) groups is 1. The van der Waals surface area contributed by atoms with Crippen LogP contribution in [0.15, 0.2) is 58.9 Å². The average molecular weight is 371 g/mol. The molecule has 0 bridgehead atoms. The van der Waals surface area contributed by atoms with Crippen molar-refractivity contribution in [1.82, 2.24) is 10.2 Å². The largest absolute Gasteiger partial charge is 0.330 e. The Balaban J connectivity index is 1.65. The Morgan fingerprint density at radius 2 is 1.84 bits per heavy atom. The molecule has 2 aromatic carbocycles. The number of carbonyl (C=O) groups excluding carboxylic acids is 1. The molecule has 0 spiro atoms. The van der Waals surface area contributed by atoms with Gasteiger partial charge in [0.2, 0.25) is 11.0 Å². The van der Waals surface area contributed by atoms with E-state index in [4.69, 9.17) is 0 Å². The molecule has 25 heavy (non-hydrogen) atoms. The number of thioether (sulfide) groups is 1. The first-order chi connectivity index (χ1) is 12.1. The van der Waals surface area contributed by atoms with Gasteiger partial charge in [-0.25, -0.2) is 0 Å². The van der Waals surface area contributed by atoms with Gasteiger partial charge in [-0.2, -0.15) is 0 Å². The molecule has 3 aromatic rings. The van der Waals surface area contributed by atoms with Crippen LogP contribution >= 0.6 is 23.1 Å². The molecule has 128 valence electrons. The summed E-state index contributed by atoms with van der Waals surface area (Å²) in [5.41, 5.74) is 2.87. The summed E-state index contributed by atoms with van der Waals surface area (Å²) in [6.45, 7) is 3.65. The highest BCUT2D eigenvalue weighted by Gasteiger charge is 2.11. The van der Waals surface area contributed by atoms with E-state index in [1.807, 2.05) is 42.5 Å². The molecule has 1 amide bonds. The Hall–Kier alpha value is -2.38. The van der Waals surface area contributed by atoms with Crippen molar-refractivity contribution in [3.05, 3.63) is 60.2 Å². The summed E-state index contributed by atoms with van der Waals surface area (Å²) in [4.78, 5) is 11.2. The van der Waals surface area contributed by atoms with E-state index in [1.165, 1.54) is 23.8 Å². The minimum atomic E-state index is -0.0957. The summed E-state index contributed by atoms with van der Waals surface area (Å²) in [7, 11) is 0. The van der Waals surface area contributed by atoms with Gasteiger partial charge in [0.1, 0.15) is 0 Å². The van der Waals surface area contributed by atoms with Crippen LogP contribution in [0.3, 0.4) is 0 Å². The highest BCUT2D eigenvalue weighted by molar-refractivity contribution is 8.01. The van der Waals surface area contributed by atoms with Gasteiger partial charge in [0.25, 0.3) is 0 Å². The second kappa shape index (κ2) is 8.13. The Kier molecular flexibility index (Phi) is 5.67. The lowest BCUT2D eigenvalue weighted by Crippen LogP contribution is -2.05. The summed E-state index contributed by atoms with van der Waals surface area (Å²) in [5.74, 6) is -0.0957. The zero-order chi connectivity index (χ0) is 17.6. The zero-order valence-electron chi connectivity index (χ0n) is 13.9. The molecule has 0 aliphatic carbocycles. The molecular formula is C18H18N4OS2. The second-order valence-corrected chi connectivity index (χ2v) is 8.00. The number of rotatable bonds is 6. The van der Waals surface area contributed by atoms with Crippen molar-refractivity contribution in [2.75, 3.05) is 10.6 Å². The van der Waals surface area contributed by atoms with Crippen molar-refractivity contribution >= 4 is 45.5 Å². The van der Waals surface area contributed by atoms with Gasteiger partial charge in [-0.1, -0.05) is 59.5 Å². The first kappa shape index (κ1) is 17.4. The Labute approximate surface area is 154 Å². The monoisotopic (exact) mass is 370 g/mol. The third-order valence-electron chi connectivity index (χ3n) is 3.39. The third kappa shape index (κ3) is 5.04. The molecule has 0 fully saturated rings. The second-order valence-electron chi connectivity index (χ2n) is 5.43. The minimum Gasteiger partial charge on any atom is -0.330 e. The molecule has 1 atom stereocenters. The Morgan fingerprint density at radius 1 is 1.08 bits per heavy atom. The number of benzene rings is 2. The van der Waals surface area contributed by atoms with Crippen LogP contribution in [0.4, 0.5) is 16.5 Å². The number of aromatic nitrogens is 2. The predicted molar refractivity (Wildman–Crippen MR) is 105 cm³/mol. The number of nitrogens with zero attached hydrogens (tertiary/aromatic N) is 2. The molecule has 1 aromatic heterocycles. The molecule has 3 rings (SSSR count). The molecule has 0 aliphatic heterocycles.